The van der Waals surface area contributed by atoms with Crippen molar-refractivity contribution in [2.75, 3.05) is 26.4 Å². The molecule has 0 amide bonds. The van der Waals surface area contributed by atoms with E-state index in [1.165, 1.54) is 0 Å². The maximum Gasteiger partial charge on any atom is 0.306 e. The van der Waals surface area contributed by atoms with Gasteiger partial charge in [0.05, 0.1) is 13.2 Å². The molecule has 0 aliphatic carbocycles. The lowest BCUT2D eigenvalue weighted by Crippen LogP contribution is -2.52. The summed E-state index contributed by atoms with van der Waals surface area (Å²) in [5, 5.41) is 0. The quantitative estimate of drug-likeness (QED) is 0.0475. The lowest BCUT2D eigenvalue weighted by Gasteiger charge is -2.25. The van der Waals surface area contributed by atoms with Gasteiger partial charge in [-0.3, -0.25) is 14.2 Å². The number of carbonyl (C=O) groups is 2. The standard InChI is InChI=1S/C41H82NO8P/c1-3-5-7-9-11-13-15-17-19-21-23-25-27-29-31-33-40(43)47-37-39(38-49-51(45,46)48-36-35-42)50-41(44)34-32-30-28-26-24-22-20-18-16-14-12-10-8-6-4-2/h39H,3-38,42H2,1-2H3,(H,45,46)/t39-/m1/s1/i1D3,2D3,3D2,4D2,5D2,6D2,7D2,8D2,9D2,10D2,11D2,12D2,13D2,14D2,15D2,16D2,17D2,18D2,19D2,20D2,21D2,22D2,23D2,24D2,25D2,26D2,27D2,28D2,29D2,30D2,31D2,32D2,33D2,34D2. The van der Waals surface area contributed by atoms with E-state index in [9.17, 15) is 19.0 Å². The third-order valence-electron chi connectivity index (χ3n) is 3.57. The fraction of sp³-hybridized carbons (Fsp3) is 0.951. The van der Waals surface area contributed by atoms with E-state index in [1.807, 2.05) is 0 Å². The van der Waals surface area contributed by atoms with Crippen molar-refractivity contribution in [2.24, 2.45) is 0 Å². The van der Waals surface area contributed by atoms with Gasteiger partial charge >= 0.3 is 11.9 Å². The summed E-state index contributed by atoms with van der Waals surface area (Å²) < 4.78 is 607. The summed E-state index contributed by atoms with van der Waals surface area (Å²) in [4.78, 5) is 40.3. The smallest absolute Gasteiger partial charge is 0.306 e. The van der Waals surface area contributed by atoms with Crippen LogP contribution in [0.3, 0.4) is 0 Å². The predicted octanol–water partition coefficient (Wildman–Crippen LogP) is 10.7. The maximum atomic E-state index is 13.9. The van der Waals surface area contributed by atoms with Crippen molar-refractivity contribution in [3.63, 3.8) is 0 Å². The molecule has 10 heteroatoms. The van der Waals surface area contributed by atoms with Gasteiger partial charge in [0.2, 0.25) is 0 Å². The zero-order chi connectivity index (χ0) is 99.9. The first-order valence-corrected chi connectivity index (χ1v) is 14.4. The Kier molecular flexibility index (Phi) is 6.44. The van der Waals surface area contributed by atoms with E-state index in [4.69, 9.17) is 96.0 Å². The number of carbonyl (C=O) groups excluding carboxylic acids is 2. The van der Waals surface area contributed by atoms with Gasteiger partial charge in [-0.2, -0.15) is 0 Å². The minimum Gasteiger partial charge on any atom is -0.756 e. The van der Waals surface area contributed by atoms with Gasteiger partial charge in [-0.1, -0.05) is 192 Å². The average molecular weight is 819 g/mol. The van der Waals surface area contributed by atoms with Gasteiger partial charge in [-0.25, -0.2) is 0 Å². The van der Waals surface area contributed by atoms with E-state index >= 15 is 0 Å². The zero-order valence-corrected chi connectivity index (χ0v) is 26.7. The Morgan fingerprint density at radius 2 is 0.922 bits per heavy atom. The Morgan fingerprint density at radius 3 is 1.29 bits per heavy atom. The molecule has 9 nitrogen and oxygen atoms in total. The van der Waals surface area contributed by atoms with Crippen LogP contribution in [0.4, 0.5) is 0 Å². The van der Waals surface area contributed by atoms with Crippen molar-refractivity contribution in [2.45, 2.75) is 224 Å². The molecule has 0 radical (unpaired) electrons. The highest BCUT2D eigenvalue weighted by Gasteiger charge is 2.21. The molecule has 0 bridgehead atoms. The molecular formula is C41H82NO8P. The van der Waals surface area contributed by atoms with Gasteiger partial charge in [-0.05, 0) is 12.7 Å². The highest BCUT2D eigenvalue weighted by Crippen LogP contribution is 2.38. The van der Waals surface area contributed by atoms with E-state index in [-0.39, 0.29) is 0 Å². The highest BCUT2D eigenvalue weighted by atomic mass is 31.2. The van der Waals surface area contributed by atoms with Crippen molar-refractivity contribution in [1.29, 1.82) is 0 Å². The third kappa shape index (κ3) is 38.5. The van der Waals surface area contributed by atoms with E-state index in [0.29, 0.717) is 0 Å². The van der Waals surface area contributed by atoms with Gasteiger partial charge in [-0.15, -0.1) is 0 Å². The van der Waals surface area contributed by atoms with Crippen molar-refractivity contribution in [3.05, 3.63) is 0 Å². The number of quaternary nitrogens is 1. The van der Waals surface area contributed by atoms with E-state index < -0.39 is 270 Å². The third-order valence-corrected chi connectivity index (χ3v) is 4.53. The summed E-state index contributed by atoms with van der Waals surface area (Å²) in [6.07, 6.45) is -175. The highest BCUT2D eigenvalue weighted by molar-refractivity contribution is 7.45. The topological polar surface area (TPSA) is 139 Å². The van der Waals surface area contributed by atoms with Crippen LogP contribution in [0.15, 0.2) is 0 Å². The number of rotatable bonds is 41. The first-order chi connectivity index (χ1) is 51.2. The van der Waals surface area contributed by atoms with Crippen molar-refractivity contribution < 1.29 is 139 Å². The molecule has 1 unspecified atom stereocenters. The molecule has 0 aromatic rings. The molecular weight excluding hydrogens is 665 g/mol. The summed E-state index contributed by atoms with van der Waals surface area (Å²) in [6, 6.07) is 0. The van der Waals surface area contributed by atoms with Gasteiger partial charge in [0, 0.05) is 109 Å². The molecule has 0 spiro atoms. The van der Waals surface area contributed by atoms with Crippen molar-refractivity contribution in [1.82, 2.24) is 0 Å². The Hall–Kier alpha value is -0.990. The fourth-order valence-corrected chi connectivity index (χ4v) is 2.64. The first kappa shape index (κ1) is 8.48. The minimum atomic E-state index is -5.97. The summed E-state index contributed by atoms with van der Waals surface area (Å²) in [5.41, 5.74) is 3.19. The molecule has 51 heavy (non-hydrogen) atoms. The van der Waals surface area contributed by atoms with Crippen LogP contribution in [0.25, 0.3) is 0 Å². The number of phosphoric acid groups is 1. The van der Waals surface area contributed by atoms with Crippen molar-refractivity contribution >= 4 is 19.8 Å². The van der Waals surface area contributed by atoms with Gasteiger partial charge in [0.25, 0.3) is 7.82 Å². The molecule has 0 saturated heterocycles. The number of phosphoric ester groups is 1. The predicted molar refractivity (Wildman–Crippen MR) is 207 cm³/mol. The van der Waals surface area contributed by atoms with Crippen LogP contribution in [-0.2, 0) is 32.7 Å². The zero-order valence-electron chi connectivity index (χ0n) is 95.8. The Balaban J connectivity index is 8.26. The number of ether oxygens (including phenoxy) is 2. The molecule has 3 N–H and O–H groups in total. The van der Waals surface area contributed by atoms with Crippen LogP contribution in [0.5, 0.6) is 0 Å². The van der Waals surface area contributed by atoms with Gasteiger partial charge in [0.15, 0.2) is 6.10 Å². The largest absolute Gasteiger partial charge is 0.756 e. The number of esters is 2. The van der Waals surface area contributed by atoms with Crippen LogP contribution >= 0.6 is 7.82 Å². The minimum absolute atomic E-state index is 0.483. The van der Waals surface area contributed by atoms with Crippen molar-refractivity contribution in [3.8, 4) is 0 Å². The van der Waals surface area contributed by atoms with E-state index in [1.54, 1.807) is 0 Å². The fourth-order valence-electron chi connectivity index (χ4n) is 1.87. The number of hydrogen-bond donors (Lipinski definition) is 1. The molecule has 0 aromatic carbocycles. The van der Waals surface area contributed by atoms with Crippen LogP contribution in [0.2, 0.25) is 0 Å². The summed E-state index contributed by atoms with van der Waals surface area (Å²) >= 11 is 0. The first-order valence-electron chi connectivity index (χ1n) is 48.0. The molecule has 304 valence electrons. The molecule has 0 rings (SSSR count). The molecule has 0 fully saturated rings. The van der Waals surface area contributed by atoms with Gasteiger partial charge in [0.1, 0.15) is 13.2 Å². The number of hydrogen-bond acceptors (Lipinski definition) is 8. The molecule has 0 aliphatic heterocycles. The summed E-state index contributed by atoms with van der Waals surface area (Å²) in [5.74, 6) is -6.32. The van der Waals surface area contributed by atoms with Crippen LogP contribution < -0.4 is 10.6 Å². The SMILES string of the molecule is [2H]C([2H])([2H])C([2H])([2H])C([2H])([2H])C([2H])([2H])C([2H])([2H])C([2H])([2H])C([2H])([2H])C([2H])([2H])C([2H])([2H])C([2H])([2H])C([2H])([2H])C([2H])([2H])C([2H])([2H])C([2H])([2H])C([2H])([2H])C([2H])([2H])C([2H])([2H])C(=O)OC[C@H](COP(=O)([O-])OCC[NH3+])OC(=O)C([2H])([2H])C([2H])([2H])C([2H])([2H])C([2H])([2H])C([2H])([2H])C([2H])([2H])C([2H])([2H])C([2H])([2H])C([2H])([2H])C([2H])([2H])C([2H])([2H])C([2H])([2H])C([2H])([2H])C([2H])([2H])C([2H])([2H])C([2H])([2H])C([2H])([2H])[2H]. The summed E-state index contributed by atoms with van der Waals surface area (Å²) in [7, 11) is -5.97. The van der Waals surface area contributed by atoms with Gasteiger partial charge < -0.3 is 29.1 Å². The van der Waals surface area contributed by atoms with E-state index in [2.05, 4.69) is 24.3 Å². The summed E-state index contributed by atoms with van der Waals surface area (Å²) in [6.45, 7) is -14.5. The Bertz CT molecular complexity index is 3740. The molecule has 0 saturated carbocycles. The monoisotopic (exact) mass is 818 g/mol. The van der Waals surface area contributed by atoms with Crippen LogP contribution in [0.1, 0.15) is 314 Å². The normalized spacial score (nSPS) is 43.1. The molecule has 2 atom stereocenters. The maximum absolute atomic E-state index is 13.9. The van der Waals surface area contributed by atoms with E-state index in [0.717, 1.165) is 0 Å². The Labute approximate surface area is 412 Å². The lowest BCUT2D eigenvalue weighted by molar-refractivity contribution is -0.373. The van der Waals surface area contributed by atoms with Crippen LogP contribution in [-0.4, -0.2) is 44.4 Å². The molecule has 0 heterocycles. The molecule has 0 aliphatic rings. The second kappa shape index (κ2) is 38.7. The lowest BCUT2D eigenvalue weighted by atomic mass is 10.0. The second-order valence-electron chi connectivity index (χ2n) is 7.06. The second-order valence-corrected chi connectivity index (χ2v) is 8.47. The average Bonchev–Trinajstić information content (AvgIpc) is 0.677. The van der Waals surface area contributed by atoms with Crippen LogP contribution in [0, 0.1) is 0 Å². The Morgan fingerprint density at radius 1 is 0.569 bits per heavy atom. The molecule has 0 aromatic heterocycles.